The zero-order chi connectivity index (χ0) is 17.7. The van der Waals surface area contributed by atoms with Crippen LogP contribution < -0.4 is 18.0 Å². The maximum Gasteiger partial charge on any atom is 0.328 e. The minimum atomic E-state index is -1.26. The Balaban J connectivity index is 0.000000547. The molecule has 0 radical (unpaired) electrons. The maximum atomic E-state index is 9.98. The van der Waals surface area contributed by atoms with Crippen LogP contribution in [-0.2, 0) is 16.0 Å². The third-order valence-electron chi connectivity index (χ3n) is 3.64. The molecule has 9 nitrogen and oxygen atoms in total. The number of benzene rings is 1. The Morgan fingerprint density at radius 2 is 1.69 bits per heavy atom. The highest BCUT2D eigenvalue weighted by atomic mass is 16.4. The second kappa shape index (κ2) is 10.1. The molecule has 1 atom stereocenters. The topological polar surface area (TPSA) is 204 Å². The van der Waals surface area contributed by atoms with Crippen LogP contribution in [0.4, 0.5) is 5.69 Å². The zero-order valence-electron chi connectivity index (χ0n) is 14.3. The lowest BCUT2D eigenvalue weighted by atomic mass is 9.90. The van der Waals surface area contributed by atoms with Gasteiger partial charge < -0.3 is 33.4 Å². The van der Waals surface area contributed by atoms with E-state index in [4.69, 9.17) is 15.9 Å². The van der Waals surface area contributed by atoms with Crippen LogP contribution in [0.25, 0.3) is 10.9 Å². The number of pyridine rings is 1. The van der Waals surface area contributed by atoms with Crippen LogP contribution in [0.1, 0.15) is 30.2 Å². The minimum Gasteiger partial charge on any atom is -0.478 e. The second-order valence-corrected chi connectivity index (χ2v) is 5.32. The average Bonchev–Trinajstić information content (AvgIpc) is 2.54. The van der Waals surface area contributed by atoms with E-state index in [2.05, 4.69) is 4.98 Å². The van der Waals surface area contributed by atoms with E-state index in [0.717, 1.165) is 41.4 Å². The number of aliphatic hydroxyl groups is 1. The molecule has 1 aliphatic rings. The molecule has 0 amide bonds. The van der Waals surface area contributed by atoms with Crippen molar-refractivity contribution in [3.8, 4) is 0 Å². The van der Waals surface area contributed by atoms with Gasteiger partial charge in [-0.15, -0.1) is 0 Å². The van der Waals surface area contributed by atoms with Gasteiger partial charge in [-0.2, -0.15) is 0 Å². The number of nitrogen functional groups attached to an aromatic ring is 1. The molecule has 0 fully saturated rings. The third-order valence-corrected chi connectivity index (χ3v) is 3.64. The van der Waals surface area contributed by atoms with Crippen LogP contribution in [0.5, 0.6) is 0 Å². The van der Waals surface area contributed by atoms with Gasteiger partial charge in [-0.05, 0) is 25.3 Å². The number of carboxylic acid groups (broad SMARTS) is 2. The third kappa shape index (κ3) is 5.52. The summed E-state index contributed by atoms with van der Waals surface area (Å²) in [6.07, 6.45) is 3.36. The molecular formula is C17H24N4O5. The number of rotatable bonds is 2. The molecule has 0 saturated heterocycles. The predicted octanol–water partition coefficient (Wildman–Crippen LogP) is 2.22. The summed E-state index contributed by atoms with van der Waals surface area (Å²) in [6.45, 7) is 0. The summed E-state index contributed by atoms with van der Waals surface area (Å²) in [7, 11) is 0. The van der Waals surface area contributed by atoms with Gasteiger partial charge in [0, 0.05) is 34.5 Å². The van der Waals surface area contributed by atoms with Gasteiger partial charge in [0.1, 0.15) is 0 Å². The highest BCUT2D eigenvalue weighted by molar-refractivity contribution is 5.92. The first kappa shape index (κ1) is 23.0. The van der Waals surface area contributed by atoms with Gasteiger partial charge in [0.2, 0.25) is 0 Å². The lowest BCUT2D eigenvalue weighted by molar-refractivity contribution is -0.134. The quantitative estimate of drug-likeness (QED) is 0.431. The largest absolute Gasteiger partial charge is 0.478 e. The highest BCUT2D eigenvalue weighted by Crippen LogP contribution is 2.36. The van der Waals surface area contributed by atoms with Crippen molar-refractivity contribution in [1.29, 1.82) is 0 Å². The van der Waals surface area contributed by atoms with Crippen molar-refractivity contribution in [3.05, 3.63) is 47.7 Å². The molecule has 3 rings (SSSR count). The fraction of sp³-hybridized carbons (Fsp3) is 0.235. The van der Waals surface area contributed by atoms with E-state index in [0.29, 0.717) is 17.8 Å². The summed E-state index contributed by atoms with van der Waals surface area (Å²) in [5.74, 6) is -2.51. The lowest BCUT2D eigenvalue weighted by Crippen LogP contribution is -2.14. The molecule has 0 spiro atoms. The summed E-state index contributed by atoms with van der Waals surface area (Å²) in [5, 5.41) is 26.6. The fourth-order valence-electron chi connectivity index (χ4n) is 2.62. The fourth-order valence-corrected chi connectivity index (χ4v) is 2.62. The van der Waals surface area contributed by atoms with Gasteiger partial charge in [0.25, 0.3) is 0 Å². The number of anilines is 1. The molecule has 11 N–H and O–H groups in total. The Hall–Kier alpha value is -3.01. The number of nitrogens with two attached hydrogens (primary N) is 1. The Morgan fingerprint density at radius 3 is 2.27 bits per heavy atom. The first-order valence-electron chi connectivity index (χ1n) is 7.39. The Labute approximate surface area is 150 Å². The maximum absolute atomic E-state index is 9.98. The normalized spacial score (nSPS) is 15.0. The van der Waals surface area contributed by atoms with Crippen LogP contribution in [0.2, 0.25) is 0 Å². The smallest absolute Gasteiger partial charge is 0.328 e. The number of para-hydroxylation sites is 1. The molecule has 2 aromatic rings. The Bertz CT molecular complexity index is 791. The molecule has 0 aliphatic heterocycles. The summed E-state index contributed by atoms with van der Waals surface area (Å²) in [5.41, 5.74) is 9.58. The van der Waals surface area contributed by atoms with E-state index in [1.807, 2.05) is 24.3 Å². The van der Waals surface area contributed by atoms with Crippen molar-refractivity contribution in [1.82, 2.24) is 17.3 Å². The Kier molecular flexibility index (Phi) is 8.92. The molecular weight excluding hydrogens is 340 g/mol. The molecule has 26 heavy (non-hydrogen) atoms. The van der Waals surface area contributed by atoms with Crippen molar-refractivity contribution >= 4 is 28.5 Å². The van der Waals surface area contributed by atoms with Crippen molar-refractivity contribution in [2.75, 3.05) is 5.73 Å². The number of aliphatic carboxylic acids is 2. The van der Waals surface area contributed by atoms with E-state index in [9.17, 15) is 14.7 Å². The summed E-state index contributed by atoms with van der Waals surface area (Å²) in [4.78, 5) is 23.7. The van der Waals surface area contributed by atoms with Crippen molar-refractivity contribution in [3.63, 3.8) is 0 Å². The molecule has 1 aromatic heterocycles. The summed E-state index contributed by atoms with van der Waals surface area (Å²) < 4.78 is 0. The number of hydrogen-bond donors (Lipinski definition) is 6. The number of fused-ring (bicyclic) bond motifs is 2. The van der Waals surface area contributed by atoms with Gasteiger partial charge >= 0.3 is 11.9 Å². The van der Waals surface area contributed by atoms with Gasteiger partial charge in [0.05, 0.1) is 11.6 Å². The highest BCUT2D eigenvalue weighted by Gasteiger charge is 2.23. The van der Waals surface area contributed by atoms with Crippen molar-refractivity contribution in [2.45, 2.75) is 25.4 Å². The minimum absolute atomic E-state index is 0. The van der Waals surface area contributed by atoms with E-state index < -0.39 is 18.0 Å². The second-order valence-electron chi connectivity index (χ2n) is 5.32. The lowest BCUT2D eigenvalue weighted by Gasteiger charge is -2.23. The monoisotopic (exact) mass is 364 g/mol. The number of carbonyl (C=O) groups is 2. The summed E-state index contributed by atoms with van der Waals surface area (Å²) >= 11 is 0. The van der Waals surface area contributed by atoms with Gasteiger partial charge in [-0.25, -0.2) is 9.59 Å². The van der Waals surface area contributed by atoms with Gasteiger partial charge in [-0.3, -0.25) is 4.98 Å². The molecule has 1 heterocycles. The summed E-state index contributed by atoms with van der Waals surface area (Å²) in [6, 6.07) is 7.83. The number of carboxylic acids is 2. The molecule has 0 bridgehead atoms. The van der Waals surface area contributed by atoms with Crippen molar-refractivity contribution < 1.29 is 24.9 Å². The number of aliphatic hydroxyl groups excluding tert-OH is 1. The average molecular weight is 364 g/mol. The van der Waals surface area contributed by atoms with Crippen molar-refractivity contribution in [2.24, 2.45) is 0 Å². The Morgan fingerprint density at radius 1 is 1.12 bits per heavy atom. The van der Waals surface area contributed by atoms with E-state index in [1.165, 1.54) is 0 Å². The van der Waals surface area contributed by atoms with Crippen LogP contribution in [0, 0.1) is 0 Å². The first-order valence-corrected chi connectivity index (χ1v) is 7.39. The van der Waals surface area contributed by atoms with Crippen LogP contribution in [0.3, 0.4) is 0 Å². The first-order chi connectivity index (χ1) is 11.4. The van der Waals surface area contributed by atoms with Gasteiger partial charge in [0.15, 0.2) is 0 Å². The van der Waals surface area contributed by atoms with E-state index in [1.54, 1.807) is 0 Å². The molecule has 0 saturated carbocycles. The van der Waals surface area contributed by atoms with E-state index in [-0.39, 0.29) is 12.3 Å². The van der Waals surface area contributed by atoms with Gasteiger partial charge in [-0.1, -0.05) is 18.2 Å². The number of aryl methyl sites for hydroxylation is 1. The number of aromatic nitrogens is 1. The van der Waals surface area contributed by atoms with Crippen LogP contribution in [-0.4, -0.2) is 32.2 Å². The van der Waals surface area contributed by atoms with E-state index >= 15 is 0 Å². The zero-order valence-corrected chi connectivity index (χ0v) is 14.3. The number of nitrogens with zero attached hydrogens (tertiary/aromatic N) is 1. The van der Waals surface area contributed by atoms with Crippen LogP contribution in [0.15, 0.2) is 36.4 Å². The molecule has 9 heteroatoms. The SMILES string of the molecule is N.N.Nc1c2c(nc3ccccc13)CCCC2O.O=C(O)/C=C\C(=O)O. The number of hydrogen-bond acceptors (Lipinski definition) is 7. The standard InChI is InChI=1S/C13H14N2O.C4H4O4.2H3N/c14-13-8-4-1-2-5-9(8)15-10-6-3-7-11(16)12(10)13;5-3(6)1-2-4(7)8;;/h1-2,4-5,11,16H,3,6-7H2,(H2,14,15);1-2H,(H,5,6)(H,7,8);2*1H3/b;2-1-;;. The molecule has 1 unspecified atom stereocenters. The predicted molar refractivity (Wildman–Crippen MR) is 98.5 cm³/mol. The van der Waals surface area contributed by atoms with Crippen LogP contribution >= 0.6 is 0 Å². The molecule has 142 valence electrons. The molecule has 1 aliphatic carbocycles. The molecule has 1 aromatic carbocycles.